The Kier molecular flexibility index (Phi) is 5.57. The molecule has 4 nitrogen and oxygen atoms in total. The van der Waals surface area contributed by atoms with E-state index in [4.69, 9.17) is 17.3 Å². The molecule has 1 aromatic carbocycles. The number of carbonyl (C=O) groups excluding carboxylic acids is 1. The lowest BCUT2D eigenvalue weighted by Gasteiger charge is -2.26. The highest BCUT2D eigenvalue weighted by Gasteiger charge is 2.22. The lowest BCUT2D eigenvalue weighted by molar-refractivity contribution is -0.120. The Bertz CT molecular complexity index is 475. The first kappa shape index (κ1) is 15.5. The maximum atomic E-state index is 12.3. The molecule has 1 aromatic rings. The summed E-state index contributed by atoms with van der Waals surface area (Å²) in [6.45, 7) is 3.85. The molecule has 1 aliphatic rings. The molecule has 2 rings (SSSR count). The number of nitrogens with one attached hydrogen (secondary N) is 1. The normalized spacial score (nSPS) is 18.3. The number of nitrogen functional groups attached to an aromatic ring is 1. The average molecular weight is 314 g/mol. The van der Waals surface area contributed by atoms with Gasteiger partial charge in [0, 0.05) is 17.3 Å². The van der Waals surface area contributed by atoms with Crippen LogP contribution >= 0.6 is 23.4 Å². The predicted molar refractivity (Wildman–Crippen MR) is 87.5 cm³/mol. The van der Waals surface area contributed by atoms with Crippen LogP contribution in [0.4, 0.5) is 11.4 Å². The number of nitrogens with two attached hydrogens (primary N) is 1. The third-order valence-electron chi connectivity index (χ3n) is 3.46. The number of carbonyl (C=O) groups is 1. The standard InChI is InChI=1S/C14H20ClN3OS/c1-10(18-5-2-7-20-8-6-18)14(19)17-13-9-11(15)3-4-12(13)16/h3-4,9-10H,2,5-8,16H2,1H3,(H,17,19). The molecule has 6 heteroatoms. The minimum absolute atomic E-state index is 0.0362. The summed E-state index contributed by atoms with van der Waals surface area (Å²) < 4.78 is 0. The molecule has 0 aromatic heterocycles. The second kappa shape index (κ2) is 7.20. The molecule has 1 unspecified atom stereocenters. The van der Waals surface area contributed by atoms with E-state index in [0.717, 1.165) is 25.3 Å². The number of benzene rings is 1. The van der Waals surface area contributed by atoms with Crippen LogP contribution in [0, 0.1) is 0 Å². The summed E-state index contributed by atoms with van der Waals surface area (Å²) in [5, 5.41) is 3.43. The minimum atomic E-state index is -0.160. The molecule has 3 N–H and O–H groups in total. The minimum Gasteiger partial charge on any atom is -0.397 e. The monoisotopic (exact) mass is 313 g/mol. The first-order chi connectivity index (χ1) is 9.58. The highest BCUT2D eigenvalue weighted by atomic mass is 35.5. The molecule has 1 atom stereocenters. The van der Waals surface area contributed by atoms with Crippen LogP contribution in [0.15, 0.2) is 18.2 Å². The maximum Gasteiger partial charge on any atom is 0.241 e. The molecule has 0 saturated carbocycles. The first-order valence-electron chi connectivity index (χ1n) is 6.75. The molecule has 1 fully saturated rings. The van der Waals surface area contributed by atoms with E-state index in [-0.39, 0.29) is 11.9 Å². The van der Waals surface area contributed by atoms with Gasteiger partial charge < -0.3 is 11.1 Å². The summed E-state index contributed by atoms with van der Waals surface area (Å²) in [6, 6.07) is 4.93. The van der Waals surface area contributed by atoms with Crippen molar-refractivity contribution in [1.82, 2.24) is 4.90 Å². The Morgan fingerprint density at radius 2 is 2.25 bits per heavy atom. The third kappa shape index (κ3) is 4.04. The number of hydrogen-bond donors (Lipinski definition) is 2. The molecule has 1 heterocycles. The van der Waals surface area contributed by atoms with E-state index in [2.05, 4.69) is 10.2 Å². The number of nitrogens with zero attached hydrogens (tertiary/aromatic N) is 1. The molecule has 0 aliphatic carbocycles. The van der Waals surface area contributed by atoms with E-state index >= 15 is 0 Å². The van der Waals surface area contributed by atoms with Crippen molar-refractivity contribution in [3.8, 4) is 0 Å². The first-order valence-corrected chi connectivity index (χ1v) is 8.29. The van der Waals surface area contributed by atoms with Crippen molar-refractivity contribution < 1.29 is 4.79 Å². The van der Waals surface area contributed by atoms with E-state index in [9.17, 15) is 4.79 Å². The summed E-state index contributed by atoms with van der Waals surface area (Å²) in [4.78, 5) is 14.5. The van der Waals surface area contributed by atoms with Crippen molar-refractivity contribution in [3.63, 3.8) is 0 Å². The summed E-state index contributed by atoms with van der Waals surface area (Å²) >= 11 is 7.88. The van der Waals surface area contributed by atoms with Crippen LogP contribution in [0.3, 0.4) is 0 Å². The lowest BCUT2D eigenvalue weighted by Crippen LogP contribution is -2.43. The molecule has 0 radical (unpaired) electrons. The highest BCUT2D eigenvalue weighted by molar-refractivity contribution is 7.99. The molecular formula is C14H20ClN3OS. The van der Waals surface area contributed by atoms with Gasteiger partial charge in [0.1, 0.15) is 0 Å². The zero-order chi connectivity index (χ0) is 14.5. The smallest absolute Gasteiger partial charge is 0.241 e. The number of amides is 1. The number of hydrogen-bond acceptors (Lipinski definition) is 4. The zero-order valence-electron chi connectivity index (χ0n) is 11.6. The molecule has 0 bridgehead atoms. The van der Waals surface area contributed by atoms with Crippen LogP contribution in [-0.4, -0.2) is 41.4 Å². The van der Waals surface area contributed by atoms with Gasteiger partial charge in [-0.15, -0.1) is 0 Å². The molecule has 110 valence electrons. The molecule has 1 amide bonds. The third-order valence-corrected chi connectivity index (χ3v) is 4.74. The zero-order valence-corrected chi connectivity index (χ0v) is 13.1. The Hall–Kier alpha value is -0.910. The number of halogens is 1. The van der Waals surface area contributed by atoms with Gasteiger partial charge in [-0.3, -0.25) is 9.69 Å². The number of rotatable bonds is 3. The molecule has 20 heavy (non-hydrogen) atoms. The van der Waals surface area contributed by atoms with E-state index < -0.39 is 0 Å². The van der Waals surface area contributed by atoms with Gasteiger partial charge >= 0.3 is 0 Å². The van der Waals surface area contributed by atoms with Crippen molar-refractivity contribution in [2.24, 2.45) is 0 Å². The molecule has 0 spiro atoms. The van der Waals surface area contributed by atoms with Crippen LogP contribution in [0.25, 0.3) is 0 Å². The van der Waals surface area contributed by atoms with Crippen molar-refractivity contribution in [2.75, 3.05) is 35.6 Å². The quantitative estimate of drug-likeness (QED) is 0.842. The topological polar surface area (TPSA) is 58.4 Å². The number of anilines is 2. The summed E-state index contributed by atoms with van der Waals surface area (Å²) in [5.41, 5.74) is 6.96. The van der Waals surface area contributed by atoms with E-state index in [1.54, 1.807) is 18.2 Å². The van der Waals surface area contributed by atoms with E-state index in [1.807, 2.05) is 18.7 Å². The Balaban J connectivity index is 2.01. The van der Waals surface area contributed by atoms with E-state index in [0.29, 0.717) is 16.4 Å². The van der Waals surface area contributed by atoms with Crippen molar-refractivity contribution in [1.29, 1.82) is 0 Å². The van der Waals surface area contributed by atoms with Gasteiger partial charge in [-0.25, -0.2) is 0 Å². The van der Waals surface area contributed by atoms with Crippen LogP contribution in [0.5, 0.6) is 0 Å². The van der Waals surface area contributed by atoms with Crippen LogP contribution < -0.4 is 11.1 Å². The van der Waals surface area contributed by atoms with Gasteiger partial charge in [-0.2, -0.15) is 11.8 Å². The van der Waals surface area contributed by atoms with Crippen LogP contribution in [0.1, 0.15) is 13.3 Å². The van der Waals surface area contributed by atoms with Crippen molar-refractivity contribution in [2.45, 2.75) is 19.4 Å². The van der Waals surface area contributed by atoms with Gasteiger partial charge in [0.25, 0.3) is 0 Å². The fourth-order valence-electron chi connectivity index (χ4n) is 2.19. The SMILES string of the molecule is CC(C(=O)Nc1cc(Cl)ccc1N)N1CCCSCC1. The molecular weight excluding hydrogens is 294 g/mol. The highest BCUT2D eigenvalue weighted by Crippen LogP contribution is 2.23. The average Bonchev–Trinajstić information content (AvgIpc) is 2.71. The van der Waals surface area contributed by atoms with Gasteiger partial charge in [-0.05, 0) is 43.8 Å². The van der Waals surface area contributed by atoms with E-state index in [1.165, 1.54) is 5.75 Å². The predicted octanol–water partition coefficient (Wildman–Crippen LogP) is 2.69. The lowest BCUT2D eigenvalue weighted by atomic mass is 10.2. The summed E-state index contributed by atoms with van der Waals surface area (Å²) in [7, 11) is 0. The maximum absolute atomic E-state index is 12.3. The molecule has 1 aliphatic heterocycles. The summed E-state index contributed by atoms with van der Waals surface area (Å²) in [5.74, 6) is 2.22. The van der Waals surface area contributed by atoms with Crippen molar-refractivity contribution in [3.05, 3.63) is 23.2 Å². The number of thioether (sulfide) groups is 1. The Morgan fingerprint density at radius 3 is 3.05 bits per heavy atom. The Morgan fingerprint density at radius 1 is 1.45 bits per heavy atom. The van der Waals surface area contributed by atoms with Gasteiger partial charge in [0.05, 0.1) is 17.4 Å². The van der Waals surface area contributed by atoms with Crippen LogP contribution in [0.2, 0.25) is 5.02 Å². The van der Waals surface area contributed by atoms with Gasteiger partial charge in [0.15, 0.2) is 0 Å². The van der Waals surface area contributed by atoms with Gasteiger partial charge in [0.2, 0.25) is 5.91 Å². The molecule has 1 saturated heterocycles. The summed E-state index contributed by atoms with van der Waals surface area (Å²) in [6.07, 6.45) is 1.13. The largest absolute Gasteiger partial charge is 0.397 e. The fourth-order valence-corrected chi connectivity index (χ4v) is 3.27. The van der Waals surface area contributed by atoms with Crippen LogP contribution in [-0.2, 0) is 4.79 Å². The fraction of sp³-hybridized carbons (Fsp3) is 0.500. The van der Waals surface area contributed by atoms with Crippen molar-refractivity contribution >= 4 is 40.6 Å². The Labute approximate surface area is 129 Å². The van der Waals surface area contributed by atoms with Gasteiger partial charge in [-0.1, -0.05) is 11.6 Å². The second-order valence-electron chi connectivity index (χ2n) is 4.90. The second-order valence-corrected chi connectivity index (χ2v) is 6.56.